The van der Waals surface area contributed by atoms with Crippen LogP contribution in [-0.2, 0) is 0 Å². The van der Waals surface area contributed by atoms with Gasteiger partial charge in [-0.3, -0.25) is 14.6 Å². The molecule has 1 aliphatic rings. The van der Waals surface area contributed by atoms with Gasteiger partial charge in [0, 0.05) is 36.5 Å². The fourth-order valence-corrected chi connectivity index (χ4v) is 3.58. The normalized spacial score (nSPS) is 14.7. The molecule has 0 spiro atoms. The molecule has 3 rings (SSSR count). The lowest BCUT2D eigenvalue weighted by Gasteiger charge is -2.32. The van der Waals surface area contributed by atoms with E-state index in [1.807, 2.05) is 4.90 Å². The SMILES string of the molecule is COc1ccc(Br)c(C(=O)NCC2CCN(C(=O)c3cccnc3)CC2)c1. The quantitative estimate of drug-likeness (QED) is 0.788. The van der Waals surface area contributed by atoms with Gasteiger partial charge in [-0.15, -0.1) is 0 Å². The molecule has 1 aromatic heterocycles. The van der Waals surface area contributed by atoms with E-state index in [0.29, 0.717) is 42.4 Å². The molecule has 27 heavy (non-hydrogen) atoms. The van der Waals surface area contributed by atoms with Crippen molar-refractivity contribution in [1.82, 2.24) is 15.2 Å². The van der Waals surface area contributed by atoms with Crippen LogP contribution in [0.15, 0.2) is 47.2 Å². The molecule has 6 nitrogen and oxygen atoms in total. The molecule has 0 radical (unpaired) electrons. The van der Waals surface area contributed by atoms with Gasteiger partial charge in [0.2, 0.25) is 0 Å². The predicted molar refractivity (Wildman–Crippen MR) is 106 cm³/mol. The molecule has 1 saturated heterocycles. The number of benzene rings is 1. The van der Waals surface area contributed by atoms with E-state index in [1.165, 1.54) is 0 Å². The zero-order chi connectivity index (χ0) is 19.2. The van der Waals surface area contributed by atoms with E-state index in [-0.39, 0.29) is 11.8 Å². The molecule has 1 N–H and O–H groups in total. The van der Waals surface area contributed by atoms with Crippen LogP contribution in [0.4, 0.5) is 0 Å². The van der Waals surface area contributed by atoms with Crippen LogP contribution in [0.5, 0.6) is 5.75 Å². The minimum atomic E-state index is -0.130. The van der Waals surface area contributed by atoms with Crippen LogP contribution in [0.2, 0.25) is 0 Å². The Hall–Kier alpha value is -2.41. The number of halogens is 1. The second-order valence-corrected chi connectivity index (χ2v) is 7.39. The number of ether oxygens (including phenoxy) is 1. The van der Waals surface area contributed by atoms with Crippen molar-refractivity contribution in [3.8, 4) is 5.75 Å². The Labute approximate surface area is 167 Å². The summed E-state index contributed by atoms with van der Waals surface area (Å²) in [5.41, 5.74) is 1.17. The molecule has 2 amide bonds. The molecule has 0 unspecified atom stereocenters. The Morgan fingerprint density at radius 2 is 2.07 bits per heavy atom. The van der Waals surface area contributed by atoms with Crippen molar-refractivity contribution in [3.63, 3.8) is 0 Å². The fourth-order valence-electron chi connectivity index (χ4n) is 3.15. The highest BCUT2D eigenvalue weighted by molar-refractivity contribution is 9.10. The van der Waals surface area contributed by atoms with Crippen LogP contribution < -0.4 is 10.1 Å². The topological polar surface area (TPSA) is 71.5 Å². The first-order valence-electron chi connectivity index (χ1n) is 8.89. The molecule has 2 aromatic rings. The number of methoxy groups -OCH3 is 1. The van der Waals surface area contributed by atoms with Crippen LogP contribution in [0.25, 0.3) is 0 Å². The number of hydrogen-bond donors (Lipinski definition) is 1. The number of nitrogens with zero attached hydrogens (tertiary/aromatic N) is 2. The standard InChI is InChI=1S/C20H22BrN3O3/c1-27-16-4-5-18(21)17(11-16)19(25)23-12-14-6-9-24(10-7-14)20(26)15-3-2-8-22-13-15/h2-5,8,11,13-14H,6-7,9-10,12H2,1H3,(H,23,25). The summed E-state index contributed by atoms with van der Waals surface area (Å²) < 4.78 is 5.92. The van der Waals surface area contributed by atoms with Crippen molar-refractivity contribution in [2.24, 2.45) is 5.92 Å². The maximum atomic E-state index is 12.5. The molecule has 0 bridgehead atoms. The lowest BCUT2D eigenvalue weighted by atomic mass is 9.96. The van der Waals surface area contributed by atoms with Gasteiger partial charge < -0.3 is 15.0 Å². The first kappa shape index (κ1) is 19.4. The van der Waals surface area contributed by atoms with Gasteiger partial charge in [0.1, 0.15) is 5.75 Å². The summed E-state index contributed by atoms with van der Waals surface area (Å²) in [4.78, 5) is 30.8. The van der Waals surface area contributed by atoms with Gasteiger partial charge in [0.15, 0.2) is 0 Å². The van der Waals surface area contributed by atoms with Crippen LogP contribution in [0.3, 0.4) is 0 Å². The van der Waals surface area contributed by atoms with E-state index >= 15 is 0 Å². The number of piperidine rings is 1. The fraction of sp³-hybridized carbons (Fsp3) is 0.350. The van der Waals surface area contributed by atoms with E-state index in [1.54, 1.807) is 49.8 Å². The summed E-state index contributed by atoms with van der Waals surface area (Å²) in [6.07, 6.45) is 4.99. The summed E-state index contributed by atoms with van der Waals surface area (Å²) >= 11 is 3.41. The summed E-state index contributed by atoms with van der Waals surface area (Å²) in [7, 11) is 1.57. The highest BCUT2D eigenvalue weighted by Gasteiger charge is 2.24. The van der Waals surface area contributed by atoms with Crippen LogP contribution >= 0.6 is 15.9 Å². The van der Waals surface area contributed by atoms with E-state index < -0.39 is 0 Å². The van der Waals surface area contributed by atoms with Gasteiger partial charge in [0.05, 0.1) is 18.2 Å². The molecule has 0 aliphatic carbocycles. The van der Waals surface area contributed by atoms with E-state index in [4.69, 9.17) is 4.74 Å². The van der Waals surface area contributed by atoms with Gasteiger partial charge in [-0.05, 0) is 65.0 Å². The second-order valence-electron chi connectivity index (χ2n) is 6.53. The maximum absolute atomic E-state index is 12.5. The minimum absolute atomic E-state index is 0.0193. The molecule has 0 atom stereocenters. The highest BCUT2D eigenvalue weighted by atomic mass is 79.9. The summed E-state index contributed by atoms with van der Waals surface area (Å²) in [6.45, 7) is 1.98. The average molecular weight is 432 g/mol. The van der Waals surface area contributed by atoms with E-state index in [9.17, 15) is 9.59 Å². The molecule has 0 saturated carbocycles. The molecule has 142 valence electrons. The Morgan fingerprint density at radius 3 is 2.74 bits per heavy atom. The van der Waals surface area contributed by atoms with Crippen LogP contribution in [0, 0.1) is 5.92 Å². The Bertz CT molecular complexity index is 805. The van der Waals surface area contributed by atoms with Crippen molar-refractivity contribution in [2.45, 2.75) is 12.8 Å². The van der Waals surface area contributed by atoms with Gasteiger partial charge in [-0.25, -0.2) is 0 Å². The number of pyridine rings is 1. The van der Waals surface area contributed by atoms with Crippen molar-refractivity contribution in [1.29, 1.82) is 0 Å². The summed E-state index contributed by atoms with van der Waals surface area (Å²) in [5.74, 6) is 0.891. The Morgan fingerprint density at radius 1 is 1.30 bits per heavy atom. The van der Waals surface area contributed by atoms with Crippen molar-refractivity contribution >= 4 is 27.7 Å². The lowest BCUT2D eigenvalue weighted by molar-refractivity contribution is 0.0684. The number of hydrogen-bond acceptors (Lipinski definition) is 4. The zero-order valence-electron chi connectivity index (χ0n) is 15.2. The van der Waals surface area contributed by atoms with E-state index in [2.05, 4.69) is 26.2 Å². The third kappa shape index (κ3) is 4.86. The first-order chi connectivity index (χ1) is 13.1. The smallest absolute Gasteiger partial charge is 0.255 e. The number of nitrogens with one attached hydrogen (secondary N) is 1. The minimum Gasteiger partial charge on any atom is -0.497 e. The highest BCUT2D eigenvalue weighted by Crippen LogP contribution is 2.23. The predicted octanol–water partition coefficient (Wildman–Crippen LogP) is 3.13. The number of likely N-dealkylation sites (tertiary alicyclic amines) is 1. The van der Waals surface area contributed by atoms with Crippen molar-refractivity contribution in [3.05, 3.63) is 58.3 Å². The summed E-state index contributed by atoms with van der Waals surface area (Å²) in [6, 6.07) is 8.88. The average Bonchev–Trinajstić information content (AvgIpc) is 2.73. The van der Waals surface area contributed by atoms with Crippen molar-refractivity contribution < 1.29 is 14.3 Å². The van der Waals surface area contributed by atoms with Gasteiger partial charge in [-0.2, -0.15) is 0 Å². The van der Waals surface area contributed by atoms with Gasteiger partial charge >= 0.3 is 0 Å². The number of carbonyl (C=O) groups excluding carboxylic acids is 2. The second kappa shape index (κ2) is 8.99. The first-order valence-corrected chi connectivity index (χ1v) is 9.69. The molecule has 2 heterocycles. The molecular formula is C20H22BrN3O3. The molecule has 1 aromatic carbocycles. The van der Waals surface area contributed by atoms with Gasteiger partial charge in [0.25, 0.3) is 11.8 Å². The number of rotatable bonds is 5. The maximum Gasteiger partial charge on any atom is 0.255 e. The van der Waals surface area contributed by atoms with E-state index in [0.717, 1.165) is 17.3 Å². The monoisotopic (exact) mass is 431 g/mol. The third-order valence-electron chi connectivity index (χ3n) is 4.78. The zero-order valence-corrected chi connectivity index (χ0v) is 16.7. The van der Waals surface area contributed by atoms with Crippen molar-refractivity contribution in [2.75, 3.05) is 26.7 Å². The molecule has 7 heteroatoms. The molecule has 1 fully saturated rings. The largest absolute Gasteiger partial charge is 0.497 e. The Balaban J connectivity index is 1.50. The lowest BCUT2D eigenvalue weighted by Crippen LogP contribution is -2.41. The molecular weight excluding hydrogens is 410 g/mol. The number of aromatic nitrogens is 1. The summed E-state index contributed by atoms with van der Waals surface area (Å²) in [5, 5.41) is 3.00. The van der Waals surface area contributed by atoms with Crippen LogP contribution in [-0.4, -0.2) is 48.4 Å². The third-order valence-corrected chi connectivity index (χ3v) is 5.47. The number of amides is 2. The molecule has 1 aliphatic heterocycles. The Kier molecular flexibility index (Phi) is 6.45. The van der Waals surface area contributed by atoms with Gasteiger partial charge in [-0.1, -0.05) is 0 Å². The van der Waals surface area contributed by atoms with Crippen LogP contribution in [0.1, 0.15) is 33.6 Å². The number of carbonyl (C=O) groups is 2.